The van der Waals surface area contributed by atoms with E-state index in [1.54, 1.807) is 12.1 Å². The topological polar surface area (TPSA) is 51.5 Å². The van der Waals surface area contributed by atoms with E-state index in [0.29, 0.717) is 39.8 Å². The molecular formula is C16H11ClFNO3. The van der Waals surface area contributed by atoms with Crippen LogP contribution in [-0.4, -0.2) is 6.79 Å². The van der Waals surface area contributed by atoms with E-state index in [-0.39, 0.29) is 19.2 Å². The van der Waals surface area contributed by atoms with Crippen LogP contribution in [0.3, 0.4) is 0 Å². The Bertz CT molecular complexity index is 758. The van der Waals surface area contributed by atoms with Crippen LogP contribution in [0.5, 0.6) is 11.5 Å². The third-order valence-corrected chi connectivity index (χ3v) is 3.49. The molecule has 1 aliphatic heterocycles. The van der Waals surface area contributed by atoms with Crippen molar-refractivity contribution in [2.75, 3.05) is 6.79 Å². The highest BCUT2D eigenvalue weighted by Gasteiger charge is 2.17. The first-order valence-electron chi connectivity index (χ1n) is 6.51. The maximum absolute atomic E-state index is 13.6. The summed E-state index contributed by atoms with van der Waals surface area (Å²) >= 11 is 6.05. The van der Waals surface area contributed by atoms with Gasteiger partial charge in [0, 0.05) is 11.1 Å². The van der Waals surface area contributed by atoms with E-state index >= 15 is 0 Å². The minimum absolute atomic E-state index is 0.103. The maximum atomic E-state index is 13.6. The van der Waals surface area contributed by atoms with Crippen molar-refractivity contribution in [2.24, 2.45) is 0 Å². The molecule has 0 aromatic heterocycles. The number of rotatable bonds is 3. The number of fused-ring (bicyclic) bond motifs is 1. The summed E-state index contributed by atoms with van der Waals surface area (Å²) in [6, 6.07) is 9.47. The molecule has 3 rings (SSSR count). The Morgan fingerprint density at radius 2 is 2.18 bits per heavy atom. The molecular weight excluding hydrogens is 309 g/mol. The molecule has 0 N–H and O–H groups in total. The third kappa shape index (κ3) is 2.98. The Morgan fingerprint density at radius 3 is 2.95 bits per heavy atom. The SMILES string of the molecule is N#Cc1ccc(OCc2cc(F)cc3c2OCOC3)c(Cl)c1. The van der Waals surface area contributed by atoms with Gasteiger partial charge >= 0.3 is 0 Å². The Kier molecular flexibility index (Phi) is 4.14. The van der Waals surface area contributed by atoms with Crippen LogP contribution in [-0.2, 0) is 18.0 Å². The lowest BCUT2D eigenvalue weighted by Crippen LogP contribution is -2.14. The van der Waals surface area contributed by atoms with Crippen LogP contribution in [0.15, 0.2) is 30.3 Å². The standard InChI is InChI=1S/C16H11ClFNO3/c17-14-3-10(6-19)1-2-15(14)21-8-12-5-13(18)4-11-7-20-9-22-16(11)12/h1-5H,7-9H2. The van der Waals surface area contributed by atoms with Crippen molar-refractivity contribution < 1.29 is 18.6 Å². The molecule has 0 amide bonds. The molecule has 112 valence electrons. The van der Waals surface area contributed by atoms with E-state index in [1.165, 1.54) is 18.2 Å². The van der Waals surface area contributed by atoms with Crippen LogP contribution in [0.2, 0.25) is 5.02 Å². The van der Waals surface area contributed by atoms with Crippen molar-refractivity contribution in [3.63, 3.8) is 0 Å². The molecule has 0 bridgehead atoms. The number of benzene rings is 2. The van der Waals surface area contributed by atoms with Crippen LogP contribution in [0, 0.1) is 17.1 Å². The predicted octanol–water partition coefficient (Wildman–Crippen LogP) is 3.80. The van der Waals surface area contributed by atoms with Crippen LogP contribution in [0.25, 0.3) is 0 Å². The van der Waals surface area contributed by atoms with Gasteiger partial charge < -0.3 is 14.2 Å². The summed E-state index contributed by atoms with van der Waals surface area (Å²) in [6.07, 6.45) is 0. The van der Waals surface area contributed by atoms with Crippen molar-refractivity contribution in [1.29, 1.82) is 5.26 Å². The van der Waals surface area contributed by atoms with Gasteiger partial charge in [-0.15, -0.1) is 0 Å². The highest BCUT2D eigenvalue weighted by Crippen LogP contribution is 2.32. The Labute approximate surface area is 131 Å². The van der Waals surface area contributed by atoms with E-state index in [2.05, 4.69) is 0 Å². The minimum Gasteiger partial charge on any atom is -0.487 e. The molecule has 4 nitrogen and oxygen atoms in total. The fraction of sp³-hybridized carbons (Fsp3) is 0.188. The van der Waals surface area contributed by atoms with Crippen LogP contribution < -0.4 is 9.47 Å². The summed E-state index contributed by atoms with van der Waals surface area (Å²) in [5, 5.41) is 9.13. The first-order valence-corrected chi connectivity index (χ1v) is 6.89. The second-order valence-electron chi connectivity index (χ2n) is 4.71. The molecule has 6 heteroatoms. The third-order valence-electron chi connectivity index (χ3n) is 3.20. The zero-order chi connectivity index (χ0) is 15.5. The molecule has 2 aromatic rings. The average molecular weight is 320 g/mol. The zero-order valence-electron chi connectivity index (χ0n) is 11.4. The summed E-state index contributed by atoms with van der Waals surface area (Å²) in [6.45, 7) is 0.534. The number of hydrogen-bond acceptors (Lipinski definition) is 4. The van der Waals surface area contributed by atoms with Crippen molar-refractivity contribution >= 4 is 11.6 Å². The Hall–Kier alpha value is -2.29. The van der Waals surface area contributed by atoms with Crippen molar-refractivity contribution in [1.82, 2.24) is 0 Å². The van der Waals surface area contributed by atoms with Crippen LogP contribution in [0.1, 0.15) is 16.7 Å². The lowest BCUT2D eigenvalue weighted by molar-refractivity contribution is -0.0178. The molecule has 0 radical (unpaired) electrons. The molecule has 0 fully saturated rings. The van der Waals surface area contributed by atoms with Gasteiger partial charge in [-0.1, -0.05) is 11.6 Å². The fourth-order valence-corrected chi connectivity index (χ4v) is 2.44. The molecule has 1 aliphatic rings. The van der Waals surface area contributed by atoms with Gasteiger partial charge in [0.15, 0.2) is 6.79 Å². The highest BCUT2D eigenvalue weighted by atomic mass is 35.5. The van der Waals surface area contributed by atoms with Crippen LogP contribution in [0.4, 0.5) is 4.39 Å². The molecule has 2 aromatic carbocycles. The van der Waals surface area contributed by atoms with Gasteiger partial charge in [-0.05, 0) is 30.3 Å². The summed E-state index contributed by atoms with van der Waals surface area (Å²) in [7, 11) is 0. The quantitative estimate of drug-likeness (QED) is 0.863. The molecule has 22 heavy (non-hydrogen) atoms. The van der Waals surface area contributed by atoms with Gasteiger partial charge in [0.05, 0.1) is 23.3 Å². The van der Waals surface area contributed by atoms with Gasteiger partial charge in [-0.2, -0.15) is 5.26 Å². The number of halogens is 2. The highest BCUT2D eigenvalue weighted by molar-refractivity contribution is 6.32. The average Bonchev–Trinajstić information content (AvgIpc) is 2.53. The second kappa shape index (κ2) is 6.22. The van der Waals surface area contributed by atoms with Gasteiger partial charge in [-0.3, -0.25) is 0 Å². The van der Waals surface area contributed by atoms with Crippen molar-refractivity contribution in [3.8, 4) is 17.6 Å². The molecule has 0 aliphatic carbocycles. The van der Waals surface area contributed by atoms with E-state index < -0.39 is 0 Å². The van der Waals surface area contributed by atoms with Crippen molar-refractivity contribution in [2.45, 2.75) is 13.2 Å². The minimum atomic E-state index is -0.377. The lowest BCUT2D eigenvalue weighted by atomic mass is 10.1. The lowest BCUT2D eigenvalue weighted by Gasteiger charge is -2.21. The van der Waals surface area contributed by atoms with Gasteiger partial charge in [0.1, 0.15) is 23.9 Å². The Balaban J connectivity index is 1.82. The van der Waals surface area contributed by atoms with Gasteiger partial charge in [0.2, 0.25) is 0 Å². The maximum Gasteiger partial charge on any atom is 0.189 e. The predicted molar refractivity (Wildman–Crippen MR) is 77.2 cm³/mol. The summed E-state index contributed by atoms with van der Waals surface area (Å²) in [5.41, 5.74) is 1.68. The van der Waals surface area contributed by atoms with Gasteiger partial charge in [0.25, 0.3) is 0 Å². The molecule has 1 heterocycles. The second-order valence-corrected chi connectivity index (χ2v) is 5.12. The smallest absolute Gasteiger partial charge is 0.189 e. The summed E-state index contributed by atoms with van der Waals surface area (Å²) < 4.78 is 29.8. The normalized spacial score (nSPS) is 13.0. The first-order chi connectivity index (χ1) is 10.7. The number of nitrogens with zero attached hydrogens (tertiary/aromatic N) is 1. The monoisotopic (exact) mass is 319 g/mol. The van der Waals surface area contributed by atoms with E-state index in [0.717, 1.165) is 0 Å². The number of ether oxygens (including phenoxy) is 3. The van der Waals surface area contributed by atoms with E-state index in [4.69, 9.17) is 31.1 Å². The number of nitriles is 1. The van der Waals surface area contributed by atoms with Crippen LogP contribution >= 0.6 is 11.6 Å². The zero-order valence-corrected chi connectivity index (χ0v) is 12.2. The molecule has 0 spiro atoms. The van der Waals surface area contributed by atoms with Gasteiger partial charge in [-0.25, -0.2) is 4.39 Å². The number of hydrogen-bond donors (Lipinski definition) is 0. The molecule has 0 saturated heterocycles. The summed E-state index contributed by atoms with van der Waals surface area (Å²) in [5.74, 6) is 0.625. The Morgan fingerprint density at radius 1 is 1.32 bits per heavy atom. The summed E-state index contributed by atoms with van der Waals surface area (Å²) in [4.78, 5) is 0. The largest absolute Gasteiger partial charge is 0.487 e. The van der Waals surface area contributed by atoms with Crippen molar-refractivity contribution in [3.05, 3.63) is 57.9 Å². The first kappa shape index (κ1) is 14.6. The molecule has 0 unspecified atom stereocenters. The molecule has 0 saturated carbocycles. The fourth-order valence-electron chi connectivity index (χ4n) is 2.21. The van der Waals surface area contributed by atoms with E-state index in [1.807, 2.05) is 6.07 Å². The van der Waals surface area contributed by atoms with E-state index in [9.17, 15) is 4.39 Å². The molecule has 0 atom stereocenters.